The number of hydrogen-bond acceptors (Lipinski definition) is 4. The van der Waals surface area contributed by atoms with Crippen LogP contribution in [0.3, 0.4) is 0 Å². The van der Waals surface area contributed by atoms with Crippen LogP contribution in [0.4, 0.5) is 0 Å². The third-order valence-corrected chi connectivity index (χ3v) is 3.50. The van der Waals surface area contributed by atoms with Crippen molar-refractivity contribution in [1.29, 1.82) is 5.26 Å². The standard InChI is InChI=1S/C18H18N2O3/c1-13-4-6-14(7-5-13)12-20-18(22)16(11-19)17(21)9-8-15-3-2-10-23-15/h2-7,10,16H,8-9,12H2,1H3,(H,20,22)/t16-/m0/s1. The molecule has 1 aromatic heterocycles. The summed E-state index contributed by atoms with van der Waals surface area (Å²) in [5, 5.41) is 11.7. The predicted octanol–water partition coefficient (Wildman–Crippen LogP) is 2.55. The Kier molecular flexibility index (Phi) is 5.70. The van der Waals surface area contributed by atoms with E-state index in [0.29, 0.717) is 18.7 Å². The maximum atomic E-state index is 12.0. The van der Waals surface area contributed by atoms with Crippen LogP contribution in [0, 0.1) is 24.2 Å². The number of furan rings is 1. The van der Waals surface area contributed by atoms with E-state index in [1.807, 2.05) is 31.2 Å². The lowest BCUT2D eigenvalue weighted by molar-refractivity contribution is -0.131. The van der Waals surface area contributed by atoms with Crippen LogP contribution in [0.5, 0.6) is 0 Å². The molecule has 0 aliphatic carbocycles. The molecule has 1 aromatic carbocycles. The van der Waals surface area contributed by atoms with Crippen LogP contribution in [-0.2, 0) is 22.6 Å². The van der Waals surface area contributed by atoms with E-state index < -0.39 is 17.6 Å². The van der Waals surface area contributed by atoms with Gasteiger partial charge in [0, 0.05) is 19.4 Å². The third kappa shape index (κ3) is 4.82. The summed E-state index contributed by atoms with van der Waals surface area (Å²) in [6.45, 7) is 2.27. The summed E-state index contributed by atoms with van der Waals surface area (Å²) in [7, 11) is 0. The Hall–Kier alpha value is -2.87. The zero-order chi connectivity index (χ0) is 16.7. The van der Waals surface area contributed by atoms with Crippen molar-refractivity contribution < 1.29 is 14.0 Å². The number of nitriles is 1. The first kappa shape index (κ1) is 16.5. The first-order chi connectivity index (χ1) is 11.1. The topological polar surface area (TPSA) is 83.1 Å². The quantitative estimate of drug-likeness (QED) is 0.797. The number of benzene rings is 1. The normalized spacial score (nSPS) is 11.5. The van der Waals surface area contributed by atoms with Gasteiger partial charge in [-0.1, -0.05) is 29.8 Å². The highest BCUT2D eigenvalue weighted by atomic mass is 16.3. The molecule has 0 bridgehead atoms. The highest BCUT2D eigenvalue weighted by Gasteiger charge is 2.25. The molecule has 0 aliphatic rings. The van der Waals surface area contributed by atoms with Gasteiger partial charge in [-0.15, -0.1) is 0 Å². The Morgan fingerprint density at radius 1 is 1.26 bits per heavy atom. The molecule has 118 valence electrons. The number of hydrogen-bond donors (Lipinski definition) is 1. The van der Waals surface area contributed by atoms with Gasteiger partial charge in [-0.25, -0.2) is 0 Å². The Balaban J connectivity index is 1.86. The van der Waals surface area contributed by atoms with Gasteiger partial charge in [0.1, 0.15) is 5.76 Å². The average molecular weight is 310 g/mol. The molecule has 1 amide bonds. The molecule has 1 atom stereocenters. The molecule has 0 radical (unpaired) electrons. The molecule has 0 fully saturated rings. The predicted molar refractivity (Wildman–Crippen MR) is 84.2 cm³/mol. The van der Waals surface area contributed by atoms with Crippen molar-refractivity contribution in [2.24, 2.45) is 5.92 Å². The molecule has 5 nitrogen and oxygen atoms in total. The Labute approximate surface area is 134 Å². The van der Waals surface area contributed by atoms with E-state index >= 15 is 0 Å². The number of aryl methyl sites for hydroxylation is 2. The van der Waals surface area contributed by atoms with E-state index in [-0.39, 0.29) is 6.42 Å². The zero-order valence-electron chi connectivity index (χ0n) is 12.9. The molecule has 0 saturated carbocycles. The summed E-state index contributed by atoms with van der Waals surface area (Å²) >= 11 is 0. The molecule has 0 saturated heterocycles. The summed E-state index contributed by atoms with van der Waals surface area (Å²) < 4.78 is 5.14. The fourth-order valence-corrected chi connectivity index (χ4v) is 2.12. The van der Waals surface area contributed by atoms with Crippen LogP contribution in [0.15, 0.2) is 47.1 Å². The molecule has 2 aromatic rings. The van der Waals surface area contributed by atoms with Gasteiger partial charge in [0.25, 0.3) is 0 Å². The summed E-state index contributed by atoms with van der Waals surface area (Å²) in [4.78, 5) is 24.1. The van der Waals surface area contributed by atoms with Crippen molar-refractivity contribution in [2.45, 2.75) is 26.3 Å². The smallest absolute Gasteiger partial charge is 0.245 e. The van der Waals surface area contributed by atoms with Crippen molar-refractivity contribution in [3.63, 3.8) is 0 Å². The number of nitrogens with one attached hydrogen (secondary N) is 1. The van der Waals surface area contributed by atoms with Crippen LogP contribution in [0.25, 0.3) is 0 Å². The van der Waals surface area contributed by atoms with Gasteiger partial charge in [0.15, 0.2) is 11.7 Å². The van der Waals surface area contributed by atoms with Gasteiger partial charge in [-0.3, -0.25) is 9.59 Å². The third-order valence-electron chi connectivity index (χ3n) is 3.50. The molecule has 2 rings (SSSR count). The summed E-state index contributed by atoms with van der Waals surface area (Å²) in [6.07, 6.45) is 2.01. The fraction of sp³-hybridized carbons (Fsp3) is 0.278. The second-order valence-electron chi connectivity index (χ2n) is 5.31. The number of carbonyl (C=O) groups is 2. The highest BCUT2D eigenvalue weighted by Crippen LogP contribution is 2.09. The minimum absolute atomic E-state index is 0.101. The van der Waals surface area contributed by atoms with Crippen LogP contribution >= 0.6 is 0 Å². The molecule has 1 heterocycles. The van der Waals surface area contributed by atoms with E-state index in [2.05, 4.69) is 5.32 Å². The van der Waals surface area contributed by atoms with Crippen LogP contribution < -0.4 is 5.32 Å². The van der Waals surface area contributed by atoms with E-state index in [1.165, 1.54) is 6.26 Å². The van der Waals surface area contributed by atoms with Crippen LogP contribution in [0.1, 0.15) is 23.3 Å². The molecule has 23 heavy (non-hydrogen) atoms. The lowest BCUT2D eigenvalue weighted by Gasteiger charge is -2.09. The molecule has 5 heteroatoms. The second kappa shape index (κ2) is 7.95. The Bertz CT molecular complexity index is 697. The van der Waals surface area contributed by atoms with Gasteiger partial charge in [-0.05, 0) is 24.6 Å². The molecule has 0 spiro atoms. The molecular formula is C18H18N2O3. The summed E-state index contributed by atoms with van der Waals surface area (Å²) in [5.41, 5.74) is 2.05. The zero-order valence-corrected chi connectivity index (χ0v) is 12.9. The van der Waals surface area contributed by atoms with Crippen molar-refractivity contribution in [3.8, 4) is 6.07 Å². The molecule has 0 unspecified atom stereocenters. The summed E-state index contributed by atoms with van der Waals surface area (Å²) in [5.74, 6) is -1.58. The van der Waals surface area contributed by atoms with E-state index in [1.54, 1.807) is 18.2 Å². The van der Waals surface area contributed by atoms with Gasteiger partial charge in [0.05, 0.1) is 12.3 Å². The van der Waals surface area contributed by atoms with E-state index in [4.69, 9.17) is 9.68 Å². The van der Waals surface area contributed by atoms with Gasteiger partial charge in [-0.2, -0.15) is 5.26 Å². The number of rotatable bonds is 7. The van der Waals surface area contributed by atoms with Crippen molar-refractivity contribution in [3.05, 3.63) is 59.5 Å². The van der Waals surface area contributed by atoms with Crippen molar-refractivity contribution in [1.82, 2.24) is 5.32 Å². The van der Waals surface area contributed by atoms with Crippen molar-refractivity contribution >= 4 is 11.7 Å². The minimum Gasteiger partial charge on any atom is -0.469 e. The average Bonchev–Trinajstić information content (AvgIpc) is 3.06. The molecule has 1 N–H and O–H groups in total. The lowest BCUT2D eigenvalue weighted by Crippen LogP contribution is -2.34. The lowest BCUT2D eigenvalue weighted by atomic mass is 10.00. The number of Topliss-reactive ketones (excluding diaryl/α,β-unsaturated/α-hetero) is 1. The first-order valence-electron chi connectivity index (χ1n) is 7.38. The Morgan fingerprint density at radius 3 is 2.61 bits per heavy atom. The SMILES string of the molecule is Cc1ccc(CNC(=O)[C@@H](C#N)C(=O)CCc2ccco2)cc1. The molecular weight excluding hydrogens is 292 g/mol. The second-order valence-corrected chi connectivity index (χ2v) is 5.31. The fourth-order valence-electron chi connectivity index (χ4n) is 2.12. The van der Waals surface area contributed by atoms with Crippen LogP contribution in [-0.4, -0.2) is 11.7 Å². The van der Waals surface area contributed by atoms with Gasteiger partial charge >= 0.3 is 0 Å². The van der Waals surface area contributed by atoms with E-state index in [0.717, 1.165) is 11.1 Å². The summed E-state index contributed by atoms with van der Waals surface area (Å²) in [6, 6.07) is 13.0. The number of carbonyl (C=O) groups excluding carboxylic acids is 2. The van der Waals surface area contributed by atoms with Crippen LogP contribution in [0.2, 0.25) is 0 Å². The highest BCUT2D eigenvalue weighted by molar-refractivity contribution is 6.03. The number of amides is 1. The maximum Gasteiger partial charge on any atom is 0.245 e. The first-order valence-corrected chi connectivity index (χ1v) is 7.38. The van der Waals surface area contributed by atoms with E-state index in [9.17, 15) is 9.59 Å². The largest absolute Gasteiger partial charge is 0.469 e. The van der Waals surface area contributed by atoms with Crippen molar-refractivity contribution in [2.75, 3.05) is 0 Å². The maximum absolute atomic E-state index is 12.0. The minimum atomic E-state index is -1.28. The van der Waals surface area contributed by atoms with Gasteiger partial charge < -0.3 is 9.73 Å². The van der Waals surface area contributed by atoms with Gasteiger partial charge in [0.2, 0.25) is 5.91 Å². The number of nitrogens with zero attached hydrogens (tertiary/aromatic N) is 1. The molecule has 0 aliphatic heterocycles. The Morgan fingerprint density at radius 2 is 2.00 bits per heavy atom. The monoisotopic (exact) mass is 310 g/mol. The number of ketones is 1.